The van der Waals surface area contributed by atoms with E-state index in [4.69, 9.17) is 16.3 Å². The fraction of sp³-hybridized carbons (Fsp3) is 0.227. The monoisotopic (exact) mass is 365 g/mol. The molecule has 0 atom stereocenters. The highest BCUT2D eigenvalue weighted by molar-refractivity contribution is 6.30. The maximum absolute atomic E-state index is 13.1. The number of ether oxygens (including phenoxy) is 1. The molecule has 0 bridgehead atoms. The number of rotatable bonds is 3. The number of halogens is 1. The molecule has 0 unspecified atom stereocenters. The second-order valence-corrected chi connectivity index (χ2v) is 7.14. The number of aromatic nitrogens is 1. The molecule has 1 aliphatic rings. The van der Waals surface area contributed by atoms with E-state index < -0.39 is 0 Å². The highest BCUT2D eigenvalue weighted by Crippen LogP contribution is 2.29. The van der Waals surface area contributed by atoms with Crippen molar-refractivity contribution in [2.24, 2.45) is 0 Å². The van der Waals surface area contributed by atoms with Gasteiger partial charge in [0.1, 0.15) is 11.5 Å². The van der Waals surface area contributed by atoms with Crippen LogP contribution in [-0.4, -0.2) is 4.98 Å². The highest BCUT2D eigenvalue weighted by Gasteiger charge is 2.19. The lowest BCUT2D eigenvalue weighted by molar-refractivity contribution is 0.483. The zero-order valence-corrected chi connectivity index (χ0v) is 15.4. The predicted molar refractivity (Wildman–Crippen MR) is 105 cm³/mol. The maximum atomic E-state index is 13.1. The molecule has 1 heterocycles. The summed E-state index contributed by atoms with van der Waals surface area (Å²) >= 11 is 5.92. The second-order valence-electron chi connectivity index (χ2n) is 6.70. The van der Waals surface area contributed by atoms with Crippen molar-refractivity contribution in [3.63, 3.8) is 0 Å². The second kappa shape index (κ2) is 7.00. The summed E-state index contributed by atoms with van der Waals surface area (Å²) < 4.78 is 5.92. The molecule has 4 rings (SSSR count). The Morgan fingerprint density at radius 3 is 2.58 bits per heavy atom. The van der Waals surface area contributed by atoms with Gasteiger partial charge in [-0.25, -0.2) is 0 Å². The predicted octanol–water partition coefficient (Wildman–Crippen LogP) is 5.67. The molecule has 132 valence electrons. The maximum Gasteiger partial charge on any atom is 0.193 e. The van der Waals surface area contributed by atoms with Crippen LogP contribution in [0.2, 0.25) is 5.02 Å². The van der Waals surface area contributed by atoms with Gasteiger partial charge in [-0.2, -0.15) is 0 Å². The minimum atomic E-state index is 0.152. The molecule has 0 radical (unpaired) electrons. The van der Waals surface area contributed by atoms with E-state index in [1.807, 2.05) is 43.3 Å². The Kier molecular flexibility index (Phi) is 4.56. The number of aromatic amines is 1. The lowest BCUT2D eigenvalue weighted by atomic mass is 9.91. The van der Waals surface area contributed by atoms with Crippen LogP contribution in [0.25, 0.3) is 11.1 Å². The van der Waals surface area contributed by atoms with Crippen LogP contribution in [0.1, 0.15) is 29.8 Å². The van der Waals surface area contributed by atoms with Crippen LogP contribution >= 0.6 is 11.6 Å². The largest absolute Gasteiger partial charge is 0.457 e. The molecule has 0 amide bonds. The minimum absolute atomic E-state index is 0.152. The Morgan fingerprint density at radius 1 is 1.00 bits per heavy atom. The third kappa shape index (κ3) is 3.27. The first-order valence-corrected chi connectivity index (χ1v) is 9.28. The molecule has 26 heavy (non-hydrogen) atoms. The number of nitrogens with one attached hydrogen (secondary N) is 1. The zero-order valence-electron chi connectivity index (χ0n) is 14.6. The Labute approximate surface area is 157 Å². The molecule has 1 aromatic heterocycles. The van der Waals surface area contributed by atoms with Crippen molar-refractivity contribution in [3.05, 3.63) is 80.7 Å². The van der Waals surface area contributed by atoms with Crippen LogP contribution in [-0.2, 0) is 12.8 Å². The van der Waals surface area contributed by atoms with Crippen molar-refractivity contribution < 1.29 is 4.74 Å². The van der Waals surface area contributed by atoms with Gasteiger partial charge in [0.15, 0.2) is 5.43 Å². The first-order valence-electron chi connectivity index (χ1n) is 8.90. The third-order valence-electron chi connectivity index (χ3n) is 4.85. The van der Waals surface area contributed by atoms with Gasteiger partial charge in [-0.05, 0) is 74.6 Å². The van der Waals surface area contributed by atoms with Crippen LogP contribution < -0.4 is 10.2 Å². The summed E-state index contributed by atoms with van der Waals surface area (Å²) in [5.74, 6) is 1.41. The third-order valence-corrected chi connectivity index (χ3v) is 5.11. The molecule has 1 N–H and O–H groups in total. The van der Waals surface area contributed by atoms with Gasteiger partial charge in [-0.1, -0.05) is 23.7 Å². The molecule has 0 spiro atoms. The summed E-state index contributed by atoms with van der Waals surface area (Å²) in [5, 5.41) is 0.669. The summed E-state index contributed by atoms with van der Waals surface area (Å²) in [5.41, 5.74) is 4.74. The average Bonchev–Trinajstić information content (AvgIpc) is 2.64. The van der Waals surface area contributed by atoms with Crippen LogP contribution in [0.4, 0.5) is 0 Å². The fourth-order valence-corrected chi connectivity index (χ4v) is 3.73. The van der Waals surface area contributed by atoms with E-state index in [0.29, 0.717) is 16.5 Å². The first kappa shape index (κ1) is 16.9. The van der Waals surface area contributed by atoms with Gasteiger partial charge in [-0.3, -0.25) is 4.79 Å². The van der Waals surface area contributed by atoms with Crippen LogP contribution in [0.3, 0.4) is 0 Å². The van der Waals surface area contributed by atoms with Crippen LogP contribution in [0.5, 0.6) is 11.5 Å². The molecule has 0 saturated carbocycles. The summed E-state index contributed by atoms with van der Waals surface area (Å²) in [6.45, 7) is 1.97. The Balaban J connectivity index is 1.73. The van der Waals surface area contributed by atoms with Gasteiger partial charge in [0.05, 0.1) is 0 Å². The first-order chi connectivity index (χ1) is 12.6. The number of benzene rings is 2. The van der Waals surface area contributed by atoms with E-state index in [9.17, 15) is 4.79 Å². The van der Waals surface area contributed by atoms with E-state index in [1.165, 1.54) is 0 Å². The van der Waals surface area contributed by atoms with Crippen molar-refractivity contribution in [1.29, 1.82) is 0 Å². The molecule has 0 fully saturated rings. The SMILES string of the molecule is Cc1[nH]c2c(c(=O)c1-c1cccc(Oc3ccc(Cl)cc3)c1)CCCC2. The summed E-state index contributed by atoms with van der Waals surface area (Å²) in [4.78, 5) is 16.5. The minimum Gasteiger partial charge on any atom is -0.457 e. The standard InChI is InChI=1S/C22H20ClNO2/c1-14-21(22(25)19-7-2-3-8-20(19)24-14)15-5-4-6-18(13-15)26-17-11-9-16(23)10-12-17/h4-6,9-13H,2-3,7-8H2,1H3,(H,24,25). The van der Waals surface area contributed by atoms with Gasteiger partial charge in [0.2, 0.25) is 0 Å². The zero-order chi connectivity index (χ0) is 18.1. The Hall–Kier alpha value is -2.52. The van der Waals surface area contributed by atoms with Crippen molar-refractivity contribution in [2.75, 3.05) is 0 Å². The number of hydrogen-bond acceptors (Lipinski definition) is 2. The van der Waals surface area contributed by atoms with Crippen molar-refractivity contribution in [3.8, 4) is 22.6 Å². The molecular weight excluding hydrogens is 346 g/mol. The molecule has 4 heteroatoms. The number of hydrogen-bond donors (Lipinski definition) is 1. The normalized spacial score (nSPS) is 13.3. The number of fused-ring (bicyclic) bond motifs is 1. The molecule has 3 aromatic rings. The van der Waals surface area contributed by atoms with Gasteiger partial charge in [0, 0.05) is 27.5 Å². The van der Waals surface area contributed by atoms with Crippen LogP contribution in [0, 0.1) is 6.92 Å². The van der Waals surface area contributed by atoms with E-state index in [-0.39, 0.29) is 5.43 Å². The number of pyridine rings is 1. The molecule has 0 saturated heterocycles. The topological polar surface area (TPSA) is 42.1 Å². The molecule has 1 aliphatic carbocycles. The van der Waals surface area contributed by atoms with Gasteiger partial charge < -0.3 is 9.72 Å². The summed E-state index contributed by atoms with van der Waals surface area (Å²) in [7, 11) is 0. The molecule has 3 nitrogen and oxygen atoms in total. The summed E-state index contributed by atoms with van der Waals surface area (Å²) in [6.07, 6.45) is 4.05. The Bertz CT molecular complexity index is 1010. The number of aryl methyl sites for hydroxylation is 2. The lowest BCUT2D eigenvalue weighted by Crippen LogP contribution is -2.21. The van der Waals surface area contributed by atoms with E-state index in [2.05, 4.69) is 4.98 Å². The van der Waals surface area contributed by atoms with Gasteiger partial charge in [0.25, 0.3) is 0 Å². The van der Waals surface area contributed by atoms with E-state index in [1.54, 1.807) is 12.1 Å². The van der Waals surface area contributed by atoms with Gasteiger partial charge >= 0.3 is 0 Å². The molecule has 0 aliphatic heterocycles. The smallest absolute Gasteiger partial charge is 0.193 e. The number of H-pyrrole nitrogens is 1. The summed E-state index contributed by atoms with van der Waals surface area (Å²) in [6, 6.07) is 14.9. The van der Waals surface area contributed by atoms with Gasteiger partial charge in [-0.15, -0.1) is 0 Å². The van der Waals surface area contributed by atoms with E-state index >= 15 is 0 Å². The molecular formula is C22H20ClNO2. The highest BCUT2D eigenvalue weighted by atomic mass is 35.5. The van der Waals surface area contributed by atoms with E-state index in [0.717, 1.165) is 53.8 Å². The lowest BCUT2D eigenvalue weighted by Gasteiger charge is -2.18. The fourth-order valence-electron chi connectivity index (χ4n) is 3.61. The van der Waals surface area contributed by atoms with Crippen molar-refractivity contribution in [1.82, 2.24) is 4.98 Å². The quantitative estimate of drug-likeness (QED) is 0.649. The average molecular weight is 366 g/mol. The van der Waals surface area contributed by atoms with Crippen molar-refractivity contribution in [2.45, 2.75) is 32.6 Å². The van der Waals surface area contributed by atoms with Crippen LogP contribution in [0.15, 0.2) is 53.3 Å². The Morgan fingerprint density at radius 2 is 1.77 bits per heavy atom. The molecule has 2 aromatic carbocycles. The van der Waals surface area contributed by atoms with Crippen molar-refractivity contribution >= 4 is 11.6 Å².